The van der Waals surface area contributed by atoms with E-state index in [0.29, 0.717) is 11.7 Å². The number of hydrogen-bond donors (Lipinski definition) is 1. The van der Waals surface area contributed by atoms with E-state index in [1.54, 1.807) is 36.7 Å². The smallest absolute Gasteiger partial charge is 0.209 e. The van der Waals surface area contributed by atoms with E-state index in [9.17, 15) is 14.3 Å². The number of halogens is 1. The van der Waals surface area contributed by atoms with Crippen molar-refractivity contribution in [3.8, 4) is 11.5 Å². The summed E-state index contributed by atoms with van der Waals surface area (Å²) in [6.07, 6.45) is 10.4. The summed E-state index contributed by atoms with van der Waals surface area (Å²) in [6.45, 7) is 2.50. The number of aromatic nitrogens is 1. The van der Waals surface area contributed by atoms with Crippen LogP contribution in [0.2, 0.25) is 0 Å². The number of carbonyl (C=O) groups excluding carboxylic acids is 1. The lowest BCUT2D eigenvalue weighted by Crippen LogP contribution is -2.41. The molecule has 1 amide bonds. The quantitative estimate of drug-likeness (QED) is 0.616. The molecule has 1 saturated heterocycles. The maximum absolute atomic E-state index is 14.7. The van der Waals surface area contributed by atoms with Gasteiger partial charge in [-0.1, -0.05) is 0 Å². The molecule has 7 heteroatoms. The van der Waals surface area contributed by atoms with E-state index in [2.05, 4.69) is 9.88 Å². The van der Waals surface area contributed by atoms with Crippen LogP contribution in [-0.4, -0.2) is 53.2 Å². The number of pyridine rings is 1. The Balaban J connectivity index is 1.32. The van der Waals surface area contributed by atoms with Crippen molar-refractivity contribution in [1.29, 1.82) is 0 Å². The van der Waals surface area contributed by atoms with Gasteiger partial charge in [-0.05, 0) is 75.1 Å². The van der Waals surface area contributed by atoms with Crippen molar-refractivity contribution in [2.24, 2.45) is 5.92 Å². The Kier molecular flexibility index (Phi) is 7.58. The number of hydrogen-bond acceptors (Lipinski definition) is 5. The maximum atomic E-state index is 14.7. The maximum Gasteiger partial charge on any atom is 0.209 e. The third-order valence-electron chi connectivity index (χ3n) is 6.73. The van der Waals surface area contributed by atoms with Crippen LogP contribution in [0.3, 0.4) is 0 Å². The molecular weight excluding hydrogens is 409 g/mol. The average Bonchev–Trinajstić information content (AvgIpc) is 2.83. The van der Waals surface area contributed by atoms with Crippen LogP contribution >= 0.6 is 0 Å². The van der Waals surface area contributed by atoms with Gasteiger partial charge in [-0.2, -0.15) is 0 Å². The number of ether oxygens (including phenoxy) is 1. The third-order valence-corrected chi connectivity index (χ3v) is 6.73. The Morgan fingerprint density at radius 2 is 2.06 bits per heavy atom. The molecule has 1 aromatic heterocycles. The Morgan fingerprint density at radius 3 is 2.78 bits per heavy atom. The zero-order chi connectivity index (χ0) is 22.3. The van der Waals surface area contributed by atoms with Crippen molar-refractivity contribution >= 4 is 12.1 Å². The number of rotatable bonds is 8. The molecule has 1 aliphatic heterocycles. The van der Waals surface area contributed by atoms with Gasteiger partial charge < -0.3 is 19.6 Å². The van der Waals surface area contributed by atoms with E-state index in [-0.39, 0.29) is 23.7 Å². The zero-order valence-electron chi connectivity index (χ0n) is 18.4. The number of amides is 1. The van der Waals surface area contributed by atoms with Gasteiger partial charge in [0, 0.05) is 43.6 Å². The molecule has 2 aromatic rings. The van der Waals surface area contributed by atoms with Gasteiger partial charge >= 0.3 is 0 Å². The van der Waals surface area contributed by atoms with Gasteiger partial charge in [-0.3, -0.25) is 9.78 Å². The normalized spacial score (nSPS) is 23.6. The third kappa shape index (κ3) is 5.76. The van der Waals surface area contributed by atoms with Crippen LogP contribution in [0.5, 0.6) is 11.5 Å². The highest BCUT2D eigenvalue weighted by Crippen LogP contribution is 2.31. The minimum atomic E-state index is -0.389. The largest absolute Gasteiger partial charge is 0.453 e. The van der Waals surface area contributed by atoms with E-state index in [1.807, 2.05) is 11.0 Å². The fraction of sp³-hybridized carbons (Fsp3) is 0.520. The predicted molar refractivity (Wildman–Crippen MR) is 121 cm³/mol. The number of aliphatic hydroxyl groups excluding tert-OH is 1. The summed E-state index contributed by atoms with van der Waals surface area (Å²) >= 11 is 0. The molecule has 172 valence electrons. The molecule has 1 atom stereocenters. The molecule has 6 nitrogen and oxygen atoms in total. The molecule has 1 N–H and O–H groups in total. The summed E-state index contributed by atoms with van der Waals surface area (Å²) in [5.74, 6) is 0.772. The molecule has 4 rings (SSSR count). The summed E-state index contributed by atoms with van der Waals surface area (Å²) in [6, 6.07) is 8.86. The highest BCUT2D eigenvalue weighted by Gasteiger charge is 2.26. The van der Waals surface area contributed by atoms with Gasteiger partial charge in [0.1, 0.15) is 5.75 Å². The van der Waals surface area contributed by atoms with Gasteiger partial charge in [-0.25, -0.2) is 4.39 Å². The number of aliphatic hydroxyl groups is 1. The molecule has 2 aliphatic rings. The van der Waals surface area contributed by atoms with Crippen LogP contribution in [0.1, 0.15) is 44.9 Å². The topological polar surface area (TPSA) is 65.9 Å². The first-order valence-corrected chi connectivity index (χ1v) is 11.6. The van der Waals surface area contributed by atoms with Gasteiger partial charge in [-0.15, -0.1) is 0 Å². The van der Waals surface area contributed by atoms with E-state index in [4.69, 9.17) is 4.74 Å². The molecule has 1 aromatic carbocycles. The first-order chi connectivity index (χ1) is 15.6. The fourth-order valence-corrected chi connectivity index (χ4v) is 4.88. The molecule has 2 heterocycles. The number of piperidine rings is 1. The lowest BCUT2D eigenvalue weighted by molar-refractivity contribution is -0.121. The second kappa shape index (κ2) is 10.8. The molecule has 0 bridgehead atoms. The van der Waals surface area contributed by atoms with Crippen LogP contribution in [0.15, 0.2) is 42.7 Å². The minimum absolute atomic E-state index is 0.189. The predicted octanol–water partition coefficient (Wildman–Crippen LogP) is 4.38. The zero-order valence-corrected chi connectivity index (χ0v) is 18.4. The van der Waals surface area contributed by atoms with Crippen LogP contribution < -0.4 is 9.64 Å². The Hall–Kier alpha value is -2.67. The molecular formula is C25H32FN3O3. The SMILES string of the molecule is O=CN(CCC1CCCN(c2ccc(Oc3cccnc3)c(F)c2)C1)C1CCC(O)CC1. The van der Waals surface area contributed by atoms with Crippen molar-refractivity contribution in [1.82, 2.24) is 9.88 Å². The van der Waals surface area contributed by atoms with Gasteiger partial charge in [0.25, 0.3) is 0 Å². The first-order valence-electron chi connectivity index (χ1n) is 11.6. The number of carbonyl (C=O) groups is 1. The van der Waals surface area contributed by atoms with E-state index in [0.717, 1.165) is 76.7 Å². The lowest BCUT2D eigenvalue weighted by atomic mass is 9.90. The molecule has 32 heavy (non-hydrogen) atoms. The Morgan fingerprint density at radius 1 is 1.22 bits per heavy atom. The summed E-state index contributed by atoms with van der Waals surface area (Å²) in [7, 11) is 0. The second-order valence-corrected chi connectivity index (χ2v) is 8.95. The Bertz CT molecular complexity index is 874. The summed E-state index contributed by atoms with van der Waals surface area (Å²) in [5, 5.41) is 9.71. The average molecular weight is 442 g/mol. The van der Waals surface area contributed by atoms with Crippen molar-refractivity contribution < 1.29 is 19.0 Å². The summed E-state index contributed by atoms with van der Waals surface area (Å²) in [5.41, 5.74) is 0.860. The second-order valence-electron chi connectivity index (χ2n) is 8.95. The first kappa shape index (κ1) is 22.5. The van der Waals surface area contributed by atoms with Crippen molar-refractivity contribution in [3.63, 3.8) is 0 Å². The van der Waals surface area contributed by atoms with Crippen LogP contribution in [0, 0.1) is 11.7 Å². The molecule has 0 spiro atoms. The van der Waals surface area contributed by atoms with E-state index >= 15 is 0 Å². The monoisotopic (exact) mass is 441 g/mol. The van der Waals surface area contributed by atoms with Gasteiger partial charge in [0.2, 0.25) is 6.41 Å². The summed E-state index contributed by atoms with van der Waals surface area (Å²) in [4.78, 5) is 19.8. The highest BCUT2D eigenvalue weighted by molar-refractivity contribution is 5.51. The van der Waals surface area contributed by atoms with Crippen molar-refractivity contribution in [2.75, 3.05) is 24.5 Å². The number of anilines is 1. The standard InChI is InChI=1S/C25H32FN3O3/c26-24-15-21(7-10-25(24)32-23-4-1-12-27-16-23)28-13-2-3-19(17-28)11-14-29(18-30)20-5-8-22(31)9-6-20/h1,4,7,10,12,15-16,18-20,22,31H,2-3,5-6,8-9,11,13-14,17H2. The Labute approximate surface area is 189 Å². The number of nitrogens with zero attached hydrogens (tertiary/aromatic N) is 3. The minimum Gasteiger partial charge on any atom is -0.453 e. The van der Waals surface area contributed by atoms with Crippen molar-refractivity contribution in [3.05, 3.63) is 48.5 Å². The molecule has 0 radical (unpaired) electrons. The molecule has 1 saturated carbocycles. The van der Waals surface area contributed by atoms with E-state index in [1.165, 1.54) is 0 Å². The lowest BCUT2D eigenvalue weighted by Gasteiger charge is -2.37. The molecule has 2 fully saturated rings. The molecule has 1 unspecified atom stereocenters. The van der Waals surface area contributed by atoms with Crippen molar-refractivity contribution in [2.45, 2.75) is 57.1 Å². The van der Waals surface area contributed by atoms with Crippen LogP contribution in [0.25, 0.3) is 0 Å². The van der Waals surface area contributed by atoms with Gasteiger partial charge in [0.15, 0.2) is 11.6 Å². The highest BCUT2D eigenvalue weighted by atomic mass is 19.1. The van der Waals surface area contributed by atoms with E-state index < -0.39 is 0 Å². The fourth-order valence-electron chi connectivity index (χ4n) is 4.88. The van der Waals surface area contributed by atoms with Gasteiger partial charge in [0.05, 0.1) is 12.3 Å². The molecule has 1 aliphatic carbocycles. The summed E-state index contributed by atoms with van der Waals surface area (Å²) < 4.78 is 20.3. The number of benzene rings is 1. The van der Waals surface area contributed by atoms with Crippen LogP contribution in [0.4, 0.5) is 10.1 Å². The van der Waals surface area contributed by atoms with Crippen LogP contribution in [-0.2, 0) is 4.79 Å².